The maximum atomic E-state index is 12.9. The van der Waals surface area contributed by atoms with Crippen LogP contribution in [0.3, 0.4) is 0 Å². The minimum Gasteiger partial charge on any atom is -0.497 e. The number of methoxy groups -OCH3 is 1. The second-order valence-corrected chi connectivity index (χ2v) is 9.44. The van der Waals surface area contributed by atoms with E-state index in [1.165, 1.54) is 17.5 Å². The van der Waals surface area contributed by atoms with Crippen LogP contribution < -0.4 is 10.1 Å². The zero-order valence-electron chi connectivity index (χ0n) is 18.6. The number of aromatic amines is 1. The number of benzene rings is 1. The lowest BCUT2D eigenvalue weighted by atomic mass is 9.95. The fourth-order valence-corrected chi connectivity index (χ4v) is 5.46. The minimum atomic E-state index is -0.155. The van der Waals surface area contributed by atoms with Crippen molar-refractivity contribution in [3.63, 3.8) is 0 Å². The van der Waals surface area contributed by atoms with Gasteiger partial charge in [0.2, 0.25) is 5.91 Å². The monoisotopic (exact) mass is 465 g/mol. The zero-order valence-corrected chi connectivity index (χ0v) is 19.5. The van der Waals surface area contributed by atoms with Gasteiger partial charge in [-0.15, -0.1) is 0 Å². The summed E-state index contributed by atoms with van der Waals surface area (Å²) in [5, 5.41) is 13.6. The minimum absolute atomic E-state index is 0.132. The van der Waals surface area contributed by atoms with Crippen LogP contribution in [0.2, 0.25) is 0 Å². The number of hydrogen-bond donors (Lipinski definition) is 2. The molecule has 3 heterocycles. The smallest absolute Gasteiger partial charge is 0.235 e. The number of thioether (sulfide) groups is 1. The normalized spacial score (nSPS) is 17.6. The largest absolute Gasteiger partial charge is 0.497 e. The number of H-pyrrole nitrogens is 1. The van der Waals surface area contributed by atoms with Crippen LogP contribution in [-0.4, -0.2) is 46.0 Å². The summed E-state index contributed by atoms with van der Waals surface area (Å²) >= 11 is 1.34. The first kappa shape index (κ1) is 21.9. The Kier molecular flexibility index (Phi) is 6.29. The molecule has 1 amide bonds. The maximum Gasteiger partial charge on any atom is 0.235 e. The molecule has 0 saturated carbocycles. The third-order valence-corrected chi connectivity index (χ3v) is 7.23. The second kappa shape index (κ2) is 9.49. The van der Waals surface area contributed by atoms with Crippen LogP contribution in [0.4, 0.5) is 5.82 Å². The van der Waals surface area contributed by atoms with E-state index in [-0.39, 0.29) is 17.8 Å². The fraction of sp³-hybridized carbons (Fsp3) is 0.458. The van der Waals surface area contributed by atoms with Crippen LogP contribution in [0.25, 0.3) is 11.0 Å². The number of nitrogens with one attached hydrogen (secondary N) is 2. The van der Waals surface area contributed by atoms with Crippen molar-refractivity contribution in [2.45, 2.75) is 56.3 Å². The van der Waals surface area contributed by atoms with Crippen molar-refractivity contribution < 1.29 is 14.3 Å². The van der Waals surface area contributed by atoms with Crippen molar-refractivity contribution in [3.05, 3.63) is 35.0 Å². The fourth-order valence-electron chi connectivity index (χ4n) is 4.78. The Labute approximate surface area is 196 Å². The summed E-state index contributed by atoms with van der Waals surface area (Å²) in [6, 6.07) is 7.99. The Morgan fingerprint density at radius 3 is 3.06 bits per heavy atom. The zero-order chi connectivity index (χ0) is 22.8. The van der Waals surface area contributed by atoms with Gasteiger partial charge in [0.1, 0.15) is 17.6 Å². The number of ether oxygens (including phenoxy) is 2. The third kappa shape index (κ3) is 4.45. The molecule has 1 aliphatic heterocycles. The highest BCUT2D eigenvalue weighted by Gasteiger charge is 2.28. The van der Waals surface area contributed by atoms with E-state index in [1.807, 2.05) is 18.2 Å². The van der Waals surface area contributed by atoms with Gasteiger partial charge in [0, 0.05) is 18.4 Å². The summed E-state index contributed by atoms with van der Waals surface area (Å²) in [6.45, 7) is 1.46. The van der Waals surface area contributed by atoms with Crippen LogP contribution in [0.5, 0.6) is 5.75 Å². The van der Waals surface area contributed by atoms with Crippen molar-refractivity contribution in [1.29, 1.82) is 5.26 Å². The molecular weight excluding hydrogens is 438 g/mol. The van der Waals surface area contributed by atoms with Gasteiger partial charge in [0.05, 0.1) is 42.1 Å². The molecule has 0 bridgehead atoms. The Morgan fingerprint density at radius 1 is 1.39 bits per heavy atom. The highest BCUT2D eigenvalue weighted by atomic mass is 32.2. The lowest BCUT2D eigenvalue weighted by Gasteiger charge is -2.19. The van der Waals surface area contributed by atoms with Gasteiger partial charge in [-0.2, -0.15) is 5.26 Å². The number of amides is 1. The summed E-state index contributed by atoms with van der Waals surface area (Å²) in [6.07, 6.45) is 6.20. The lowest BCUT2D eigenvalue weighted by molar-refractivity contribution is -0.113. The molecule has 2 aliphatic rings. The molecule has 1 aliphatic carbocycles. The Morgan fingerprint density at radius 2 is 2.27 bits per heavy atom. The molecule has 172 valence electrons. The number of imidazole rings is 1. The SMILES string of the molecule is COc1ccc2nc(SCC(=O)Nc3c(C#N)c4c(n3C[C@H]3CCCO3)CCCC4)[nH]c2c1. The molecule has 1 aromatic carbocycles. The Balaban J connectivity index is 1.34. The Bertz CT molecular complexity index is 1220. The van der Waals surface area contributed by atoms with Crippen LogP contribution in [0.15, 0.2) is 23.4 Å². The number of anilines is 1. The molecule has 1 atom stereocenters. The summed E-state index contributed by atoms with van der Waals surface area (Å²) in [7, 11) is 1.62. The van der Waals surface area contributed by atoms with Gasteiger partial charge in [-0.05, 0) is 56.2 Å². The topological polar surface area (TPSA) is 105 Å². The van der Waals surface area contributed by atoms with Gasteiger partial charge in [-0.1, -0.05) is 11.8 Å². The van der Waals surface area contributed by atoms with E-state index in [1.54, 1.807) is 7.11 Å². The number of carbonyl (C=O) groups excluding carboxylic acids is 1. The summed E-state index contributed by atoms with van der Waals surface area (Å²) in [4.78, 5) is 20.7. The van der Waals surface area contributed by atoms with Crippen molar-refractivity contribution in [2.24, 2.45) is 0 Å². The lowest BCUT2D eigenvalue weighted by Crippen LogP contribution is -2.23. The average molecular weight is 466 g/mol. The van der Waals surface area contributed by atoms with Crippen LogP contribution >= 0.6 is 11.8 Å². The first-order valence-corrected chi connectivity index (χ1v) is 12.4. The average Bonchev–Trinajstić information content (AvgIpc) is 3.56. The van der Waals surface area contributed by atoms with Crippen molar-refractivity contribution in [2.75, 3.05) is 24.8 Å². The van der Waals surface area contributed by atoms with Gasteiger partial charge >= 0.3 is 0 Å². The molecule has 1 saturated heterocycles. The Hall–Kier alpha value is -2.96. The summed E-state index contributed by atoms with van der Waals surface area (Å²) in [5.74, 6) is 1.41. The number of hydrogen-bond acceptors (Lipinski definition) is 6. The van der Waals surface area contributed by atoms with E-state index in [9.17, 15) is 10.1 Å². The molecule has 33 heavy (non-hydrogen) atoms. The second-order valence-electron chi connectivity index (χ2n) is 8.48. The predicted octanol–water partition coefficient (Wildman–Crippen LogP) is 4.03. The van der Waals surface area contributed by atoms with Gasteiger partial charge in [0.15, 0.2) is 5.16 Å². The molecule has 5 rings (SSSR count). The molecule has 0 spiro atoms. The van der Waals surface area contributed by atoms with E-state index in [0.717, 1.165) is 67.5 Å². The van der Waals surface area contributed by atoms with E-state index in [0.29, 0.717) is 23.1 Å². The molecule has 8 nitrogen and oxygen atoms in total. The van der Waals surface area contributed by atoms with E-state index in [4.69, 9.17) is 9.47 Å². The molecule has 2 aromatic heterocycles. The predicted molar refractivity (Wildman–Crippen MR) is 127 cm³/mol. The molecule has 1 fully saturated rings. The van der Waals surface area contributed by atoms with Gasteiger partial charge in [-0.3, -0.25) is 4.79 Å². The number of fused-ring (bicyclic) bond motifs is 2. The highest BCUT2D eigenvalue weighted by molar-refractivity contribution is 7.99. The number of aromatic nitrogens is 3. The molecule has 9 heteroatoms. The summed E-state index contributed by atoms with van der Waals surface area (Å²) < 4.78 is 13.3. The molecule has 0 radical (unpaired) electrons. The number of nitrogens with zero attached hydrogens (tertiary/aromatic N) is 3. The first-order chi connectivity index (χ1) is 16.2. The van der Waals surface area contributed by atoms with Gasteiger partial charge in [-0.25, -0.2) is 4.98 Å². The van der Waals surface area contributed by atoms with Gasteiger partial charge < -0.3 is 24.3 Å². The maximum absolute atomic E-state index is 12.9. The standard InChI is InChI=1S/C24H27N5O3S/c1-31-15-8-9-19-20(11-15)27-24(26-19)33-14-22(30)28-23-18(12-25)17-6-2-3-7-21(17)29(23)13-16-5-4-10-32-16/h8-9,11,16H,2-7,10,13-14H2,1H3,(H,26,27)(H,28,30)/t16-/m1/s1. The first-order valence-electron chi connectivity index (χ1n) is 11.4. The summed E-state index contributed by atoms with van der Waals surface area (Å²) in [5.41, 5.74) is 4.57. The van der Waals surface area contributed by atoms with E-state index in [2.05, 4.69) is 25.9 Å². The number of rotatable bonds is 7. The number of nitriles is 1. The van der Waals surface area contributed by atoms with Crippen molar-refractivity contribution in [3.8, 4) is 11.8 Å². The number of carbonyl (C=O) groups is 1. The third-order valence-electron chi connectivity index (χ3n) is 6.36. The molecule has 0 unspecified atom stereocenters. The quantitative estimate of drug-likeness (QED) is 0.511. The molecule has 3 aromatic rings. The van der Waals surface area contributed by atoms with E-state index < -0.39 is 0 Å². The highest BCUT2D eigenvalue weighted by Crippen LogP contribution is 2.34. The molecule has 2 N–H and O–H groups in total. The van der Waals surface area contributed by atoms with Crippen molar-refractivity contribution >= 4 is 34.5 Å². The molecular formula is C24H27N5O3S. The van der Waals surface area contributed by atoms with E-state index >= 15 is 0 Å². The van der Waals surface area contributed by atoms with Crippen molar-refractivity contribution in [1.82, 2.24) is 14.5 Å². The van der Waals surface area contributed by atoms with Gasteiger partial charge in [0.25, 0.3) is 0 Å². The van der Waals surface area contributed by atoms with Crippen LogP contribution in [0.1, 0.15) is 42.5 Å². The van der Waals surface area contributed by atoms with Crippen LogP contribution in [-0.2, 0) is 28.9 Å². The van der Waals surface area contributed by atoms with Crippen LogP contribution in [0, 0.1) is 11.3 Å².